The van der Waals surface area contributed by atoms with E-state index < -0.39 is 12.2 Å². The standard InChI is InChI=1S/C23H22O5/c1-3-28-22-17(26)10-11-4-5-12-13-6-8-15(24)21-16(25)9-7-14(20(13)21)19(12)18(11)23(22)27-2/h4-5,7,9,19,22-23,25H,3,6,8,10H2,1-2H3. The molecule has 1 N–H and O–H groups in total. The summed E-state index contributed by atoms with van der Waals surface area (Å²) in [6.07, 6.45) is 4.43. The highest BCUT2D eigenvalue weighted by Gasteiger charge is 2.47. The van der Waals surface area contributed by atoms with Gasteiger partial charge < -0.3 is 14.6 Å². The van der Waals surface area contributed by atoms with E-state index in [4.69, 9.17) is 9.47 Å². The van der Waals surface area contributed by atoms with Gasteiger partial charge in [-0.25, -0.2) is 0 Å². The molecule has 0 bridgehead atoms. The number of Topliss-reactive ketones (excluding diaryl/α,β-unsaturated/α-hetero) is 2. The molecule has 144 valence electrons. The molecule has 0 saturated heterocycles. The number of aromatic hydroxyl groups is 1. The smallest absolute Gasteiger partial charge is 0.168 e. The number of methoxy groups -OCH3 is 1. The first-order valence-corrected chi connectivity index (χ1v) is 9.77. The third-order valence-corrected chi connectivity index (χ3v) is 6.38. The van der Waals surface area contributed by atoms with Crippen molar-refractivity contribution in [2.75, 3.05) is 13.7 Å². The molecule has 5 heteroatoms. The summed E-state index contributed by atoms with van der Waals surface area (Å²) in [5.41, 5.74) is 6.67. The highest BCUT2D eigenvalue weighted by Crippen LogP contribution is 2.56. The topological polar surface area (TPSA) is 72.8 Å². The first-order valence-electron chi connectivity index (χ1n) is 9.77. The lowest BCUT2D eigenvalue weighted by Crippen LogP contribution is -2.45. The normalized spacial score (nSPS) is 27.9. The van der Waals surface area contributed by atoms with Crippen molar-refractivity contribution >= 4 is 17.1 Å². The van der Waals surface area contributed by atoms with Gasteiger partial charge in [0.1, 0.15) is 18.0 Å². The van der Waals surface area contributed by atoms with Crippen LogP contribution in [0.25, 0.3) is 5.57 Å². The second-order valence-electron chi connectivity index (χ2n) is 7.70. The Morgan fingerprint density at radius 3 is 2.68 bits per heavy atom. The maximum Gasteiger partial charge on any atom is 0.168 e. The summed E-state index contributed by atoms with van der Waals surface area (Å²) in [7, 11) is 1.61. The summed E-state index contributed by atoms with van der Waals surface area (Å²) >= 11 is 0. The van der Waals surface area contributed by atoms with Crippen LogP contribution in [0.4, 0.5) is 0 Å². The van der Waals surface area contributed by atoms with Crippen molar-refractivity contribution in [2.24, 2.45) is 0 Å². The molecule has 5 nitrogen and oxygen atoms in total. The largest absolute Gasteiger partial charge is 0.507 e. The molecule has 0 heterocycles. The van der Waals surface area contributed by atoms with Gasteiger partial charge in [0, 0.05) is 32.5 Å². The highest BCUT2D eigenvalue weighted by atomic mass is 16.5. The van der Waals surface area contributed by atoms with Gasteiger partial charge in [-0.2, -0.15) is 0 Å². The van der Waals surface area contributed by atoms with E-state index >= 15 is 0 Å². The molecule has 1 aromatic carbocycles. The SMILES string of the molecule is CCOC1C(=O)CC2=C(C3C(=C4CCC(=O)c5c(O)ccc3c54)C=C2)C1OC. The minimum Gasteiger partial charge on any atom is -0.507 e. The summed E-state index contributed by atoms with van der Waals surface area (Å²) in [6.45, 7) is 2.32. The molecule has 0 saturated carbocycles. The van der Waals surface area contributed by atoms with Gasteiger partial charge in [0.2, 0.25) is 0 Å². The molecule has 3 unspecified atom stereocenters. The number of allylic oxidation sites excluding steroid dienone is 5. The predicted molar refractivity (Wildman–Crippen MR) is 103 cm³/mol. The molecular weight excluding hydrogens is 356 g/mol. The van der Waals surface area contributed by atoms with E-state index in [1.165, 1.54) is 0 Å². The van der Waals surface area contributed by atoms with E-state index in [0.29, 0.717) is 31.4 Å². The molecule has 4 aliphatic rings. The number of carbonyl (C=O) groups is 2. The maximum atomic E-state index is 12.7. The van der Waals surface area contributed by atoms with Crippen LogP contribution in [0, 0.1) is 0 Å². The zero-order valence-corrected chi connectivity index (χ0v) is 16.0. The van der Waals surface area contributed by atoms with Crippen molar-refractivity contribution in [3.05, 3.63) is 57.7 Å². The van der Waals surface area contributed by atoms with E-state index in [9.17, 15) is 14.7 Å². The lowest BCUT2D eigenvalue weighted by Gasteiger charge is -2.38. The monoisotopic (exact) mass is 378 g/mol. The average Bonchev–Trinajstić information content (AvgIpc) is 3.01. The quantitative estimate of drug-likeness (QED) is 0.872. The van der Waals surface area contributed by atoms with Gasteiger partial charge in [0.15, 0.2) is 11.6 Å². The number of ketones is 2. The van der Waals surface area contributed by atoms with Gasteiger partial charge in [-0.3, -0.25) is 9.59 Å². The Balaban J connectivity index is 1.73. The highest BCUT2D eigenvalue weighted by molar-refractivity contribution is 6.09. The van der Waals surface area contributed by atoms with Crippen molar-refractivity contribution in [3.8, 4) is 5.75 Å². The molecule has 0 fully saturated rings. The Hall–Kier alpha value is -2.50. The van der Waals surface area contributed by atoms with Crippen molar-refractivity contribution in [3.63, 3.8) is 0 Å². The second-order valence-corrected chi connectivity index (χ2v) is 7.70. The van der Waals surface area contributed by atoms with Crippen LogP contribution in [0.15, 0.2) is 41.0 Å². The van der Waals surface area contributed by atoms with Gasteiger partial charge in [0.05, 0.1) is 5.56 Å². The zero-order valence-electron chi connectivity index (χ0n) is 16.0. The third kappa shape index (κ3) is 2.20. The van der Waals surface area contributed by atoms with Crippen LogP contribution in [-0.2, 0) is 14.3 Å². The lowest BCUT2D eigenvalue weighted by molar-refractivity contribution is -0.138. The van der Waals surface area contributed by atoms with E-state index in [2.05, 4.69) is 6.08 Å². The van der Waals surface area contributed by atoms with E-state index in [-0.39, 0.29) is 23.2 Å². The number of rotatable bonds is 3. The summed E-state index contributed by atoms with van der Waals surface area (Å²) in [6, 6.07) is 3.53. The van der Waals surface area contributed by atoms with Crippen molar-refractivity contribution in [2.45, 2.75) is 44.3 Å². The molecule has 4 aliphatic carbocycles. The summed E-state index contributed by atoms with van der Waals surface area (Å²) in [4.78, 5) is 25.2. The molecule has 0 aromatic heterocycles. The van der Waals surface area contributed by atoms with Crippen molar-refractivity contribution in [1.29, 1.82) is 0 Å². The molecule has 3 atom stereocenters. The predicted octanol–water partition coefficient (Wildman–Crippen LogP) is 3.48. The van der Waals surface area contributed by atoms with E-state index in [1.807, 2.05) is 19.1 Å². The fourth-order valence-electron chi connectivity index (χ4n) is 5.32. The third-order valence-electron chi connectivity index (χ3n) is 6.38. The first kappa shape index (κ1) is 17.6. The van der Waals surface area contributed by atoms with Crippen LogP contribution < -0.4 is 0 Å². The Bertz CT molecular complexity index is 1010. The second kappa shape index (κ2) is 6.26. The van der Waals surface area contributed by atoms with Gasteiger partial charge in [0.25, 0.3) is 0 Å². The van der Waals surface area contributed by atoms with Crippen molar-refractivity contribution in [1.82, 2.24) is 0 Å². The number of ether oxygens (including phenoxy) is 2. The Morgan fingerprint density at radius 2 is 1.93 bits per heavy atom. The molecule has 0 spiro atoms. The molecule has 0 radical (unpaired) electrons. The van der Waals surface area contributed by atoms with Crippen LogP contribution in [0.3, 0.4) is 0 Å². The van der Waals surface area contributed by atoms with Crippen LogP contribution in [0.2, 0.25) is 0 Å². The van der Waals surface area contributed by atoms with Crippen molar-refractivity contribution < 1.29 is 24.2 Å². The number of phenolic OH excluding ortho intramolecular Hbond substituents is 1. The Kier molecular flexibility index (Phi) is 3.93. The molecule has 1 aromatic rings. The zero-order chi connectivity index (χ0) is 19.6. The van der Waals surface area contributed by atoms with Gasteiger partial charge in [-0.05, 0) is 52.8 Å². The van der Waals surface area contributed by atoms with E-state index in [1.54, 1.807) is 13.2 Å². The fraction of sp³-hybridized carbons (Fsp3) is 0.391. The number of hydrogen-bond donors (Lipinski definition) is 1. The molecule has 28 heavy (non-hydrogen) atoms. The Morgan fingerprint density at radius 1 is 1.11 bits per heavy atom. The van der Waals surface area contributed by atoms with Crippen LogP contribution >= 0.6 is 0 Å². The fourth-order valence-corrected chi connectivity index (χ4v) is 5.32. The van der Waals surface area contributed by atoms with Crippen LogP contribution in [0.5, 0.6) is 5.75 Å². The number of phenols is 1. The first-order chi connectivity index (χ1) is 13.6. The summed E-state index contributed by atoms with van der Waals surface area (Å²) in [5.74, 6) is 0.0163. The summed E-state index contributed by atoms with van der Waals surface area (Å²) < 4.78 is 11.6. The number of carbonyl (C=O) groups excluding carboxylic acids is 2. The molecule has 0 amide bonds. The summed E-state index contributed by atoms with van der Waals surface area (Å²) in [5, 5.41) is 10.3. The van der Waals surface area contributed by atoms with Crippen LogP contribution in [0.1, 0.15) is 53.6 Å². The molecular formula is C23H22O5. The number of fused-ring (bicyclic) bond motifs is 3. The molecule has 5 rings (SSSR count). The maximum absolute atomic E-state index is 12.7. The Labute approximate surface area is 163 Å². The average molecular weight is 378 g/mol. The minimum absolute atomic E-state index is 0.00941. The van der Waals surface area contributed by atoms with Gasteiger partial charge in [-0.1, -0.05) is 18.2 Å². The van der Waals surface area contributed by atoms with Crippen LogP contribution in [-0.4, -0.2) is 42.6 Å². The number of hydrogen-bond acceptors (Lipinski definition) is 5. The van der Waals surface area contributed by atoms with Gasteiger partial charge in [-0.15, -0.1) is 0 Å². The number of benzene rings is 1. The molecule has 0 aliphatic heterocycles. The lowest BCUT2D eigenvalue weighted by atomic mass is 9.72. The van der Waals surface area contributed by atoms with E-state index in [0.717, 1.165) is 33.4 Å². The van der Waals surface area contributed by atoms with Gasteiger partial charge >= 0.3 is 0 Å². The minimum atomic E-state index is -0.614.